The molecule has 1 saturated carbocycles. The second-order valence-electron chi connectivity index (χ2n) is 7.15. The van der Waals surface area contributed by atoms with Gasteiger partial charge >= 0.3 is 0 Å². The summed E-state index contributed by atoms with van der Waals surface area (Å²) in [6, 6.07) is 9.12. The second kappa shape index (κ2) is 6.93. The van der Waals surface area contributed by atoms with Crippen molar-refractivity contribution in [3.8, 4) is 0 Å². The maximum atomic E-state index is 6.73. The molecule has 0 heterocycles. The minimum absolute atomic E-state index is 0.107. The number of nitrogens with two attached hydrogens (primary N) is 1. The summed E-state index contributed by atoms with van der Waals surface area (Å²) in [6.07, 6.45) is 7.36. The molecule has 0 spiro atoms. The molecule has 1 atom stereocenters. The Labute approximate surface area is 130 Å². The molecule has 0 aliphatic heterocycles. The standard InChI is InChI=1S/C19H32N2/c1-5-6-16-7-9-17(10-8-16)18(20)19(21(3)4)13-11-15(2)12-14-19/h7-10,15,18H,5-6,11-14,20H2,1-4H3. The highest BCUT2D eigenvalue weighted by Gasteiger charge is 2.41. The molecule has 1 aromatic rings. The van der Waals surface area contributed by atoms with Crippen molar-refractivity contribution < 1.29 is 0 Å². The highest BCUT2D eigenvalue weighted by atomic mass is 15.2. The van der Waals surface area contributed by atoms with Crippen molar-refractivity contribution in [2.24, 2.45) is 11.7 Å². The van der Waals surface area contributed by atoms with Crippen molar-refractivity contribution in [2.75, 3.05) is 14.1 Å². The van der Waals surface area contributed by atoms with E-state index in [-0.39, 0.29) is 11.6 Å². The van der Waals surface area contributed by atoms with E-state index in [1.807, 2.05) is 0 Å². The molecule has 0 saturated heterocycles. The van der Waals surface area contributed by atoms with Crippen LogP contribution in [0.25, 0.3) is 0 Å². The van der Waals surface area contributed by atoms with E-state index in [1.54, 1.807) is 0 Å². The number of aryl methyl sites for hydroxylation is 1. The first-order chi connectivity index (χ1) is 9.99. The van der Waals surface area contributed by atoms with E-state index in [1.165, 1.54) is 43.2 Å². The molecule has 1 aliphatic carbocycles. The molecule has 118 valence electrons. The van der Waals surface area contributed by atoms with Crippen LogP contribution < -0.4 is 5.73 Å². The van der Waals surface area contributed by atoms with E-state index in [2.05, 4.69) is 57.1 Å². The van der Waals surface area contributed by atoms with Crippen LogP contribution in [0.5, 0.6) is 0 Å². The minimum Gasteiger partial charge on any atom is -0.322 e. The zero-order chi connectivity index (χ0) is 15.5. The molecule has 1 aromatic carbocycles. The predicted molar refractivity (Wildman–Crippen MR) is 91.4 cm³/mol. The van der Waals surface area contributed by atoms with Crippen molar-refractivity contribution >= 4 is 0 Å². The SMILES string of the molecule is CCCc1ccc(C(N)C2(N(C)C)CCC(C)CC2)cc1. The van der Waals surface area contributed by atoms with Crippen molar-refractivity contribution in [2.45, 2.75) is 64.0 Å². The largest absolute Gasteiger partial charge is 0.322 e. The van der Waals surface area contributed by atoms with Gasteiger partial charge in [0.2, 0.25) is 0 Å². The average Bonchev–Trinajstić information content (AvgIpc) is 2.48. The molecule has 2 rings (SSSR count). The molecule has 0 bridgehead atoms. The molecule has 0 amide bonds. The van der Waals surface area contributed by atoms with E-state index in [0.29, 0.717) is 0 Å². The van der Waals surface area contributed by atoms with Crippen molar-refractivity contribution in [1.82, 2.24) is 4.90 Å². The maximum absolute atomic E-state index is 6.73. The smallest absolute Gasteiger partial charge is 0.0481 e. The van der Waals surface area contributed by atoms with Gasteiger partial charge in [-0.3, -0.25) is 0 Å². The van der Waals surface area contributed by atoms with E-state index in [0.717, 1.165) is 12.3 Å². The quantitative estimate of drug-likeness (QED) is 0.882. The van der Waals surface area contributed by atoms with Crippen LogP contribution in [0.1, 0.15) is 63.1 Å². The van der Waals surface area contributed by atoms with E-state index < -0.39 is 0 Å². The number of likely N-dealkylation sites (N-methyl/N-ethyl adjacent to an activating group) is 1. The number of hydrogen-bond acceptors (Lipinski definition) is 2. The third-order valence-electron chi connectivity index (χ3n) is 5.49. The van der Waals surface area contributed by atoms with Crippen molar-refractivity contribution in [1.29, 1.82) is 0 Å². The Morgan fingerprint density at radius 2 is 1.76 bits per heavy atom. The second-order valence-corrected chi connectivity index (χ2v) is 7.15. The fourth-order valence-electron chi connectivity index (χ4n) is 3.79. The van der Waals surface area contributed by atoms with Gasteiger partial charge in [-0.1, -0.05) is 44.5 Å². The maximum Gasteiger partial charge on any atom is 0.0481 e. The molecule has 21 heavy (non-hydrogen) atoms. The third kappa shape index (κ3) is 3.49. The van der Waals surface area contributed by atoms with Gasteiger partial charge in [0, 0.05) is 11.6 Å². The van der Waals surface area contributed by atoms with Crippen LogP contribution in [0.4, 0.5) is 0 Å². The summed E-state index contributed by atoms with van der Waals surface area (Å²) >= 11 is 0. The molecular formula is C19H32N2. The van der Waals surface area contributed by atoms with E-state index in [4.69, 9.17) is 5.73 Å². The lowest BCUT2D eigenvalue weighted by molar-refractivity contribution is 0.0564. The van der Waals surface area contributed by atoms with Gasteiger partial charge in [0.05, 0.1) is 0 Å². The third-order valence-corrected chi connectivity index (χ3v) is 5.49. The van der Waals surface area contributed by atoms with Crippen LogP contribution in [0.15, 0.2) is 24.3 Å². The number of hydrogen-bond donors (Lipinski definition) is 1. The van der Waals surface area contributed by atoms with Gasteiger partial charge in [0.1, 0.15) is 0 Å². The lowest BCUT2D eigenvalue weighted by atomic mass is 9.70. The van der Waals surface area contributed by atoms with Crippen LogP contribution in [0.2, 0.25) is 0 Å². The first kappa shape index (κ1) is 16.5. The number of rotatable bonds is 5. The summed E-state index contributed by atoms with van der Waals surface area (Å²) in [5.41, 5.74) is 9.57. The number of benzene rings is 1. The van der Waals surface area contributed by atoms with Crippen LogP contribution in [-0.2, 0) is 6.42 Å². The Morgan fingerprint density at radius 3 is 2.24 bits per heavy atom. The Hall–Kier alpha value is -0.860. The van der Waals surface area contributed by atoms with Crippen molar-refractivity contribution in [3.63, 3.8) is 0 Å². The average molecular weight is 288 g/mol. The van der Waals surface area contributed by atoms with Gasteiger partial charge in [-0.2, -0.15) is 0 Å². The Kier molecular flexibility index (Phi) is 5.45. The zero-order valence-corrected chi connectivity index (χ0v) is 14.2. The Bertz CT molecular complexity index is 427. The monoisotopic (exact) mass is 288 g/mol. The predicted octanol–water partition coefficient (Wildman–Crippen LogP) is 4.15. The first-order valence-corrected chi connectivity index (χ1v) is 8.51. The summed E-state index contributed by atoms with van der Waals surface area (Å²) in [7, 11) is 4.39. The topological polar surface area (TPSA) is 29.3 Å². The summed E-state index contributed by atoms with van der Waals surface area (Å²) in [4.78, 5) is 2.38. The van der Waals surface area contributed by atoms with Crippen molar-refractivity contribution in [3.05, 3.63) is 35.4 Å². The lowest BCUT2D eigenvalue weighted by Crippen LogP contribution is -2.54. The molecule has 1 fully saturated rings. The molecule has 2 nitrogen and oxygen atoms in total. The van der Waals surface area contributed by atoms with Gasteiger partial charge in [0.15, 0.2) is 0 Å². The molecule has 2 heteroatoms. The highest BCUT2D eigenvalue weighted by Crippen LogP contribution is 2.42. The summed E-state index contributed by atoms with van der Waals surface area (Å²) < 4.78 is 0. The van der Waals surface area contributed by atoms with Gasteiger partial charge in [0.25, 0.3) is 0 Å². The molecule has 2 N–H and O–H groups in total. The summed E-state index contributed by atoms with van der Waals surface area (Å²) in [5.74, 6) is 0.845. The molecule has 0 aromatic heterocycles. The van der Waals surface area contributed by atoms with Crippen LogP contribution in [0, 0.1) is 5.92 Å². The minimum atomic E-state index is 0.107. The molecule has 0 radical (unpaired) electrons. The fourth-order valence-corrected chi connectivity index (χ4v) is 3.79. The first-order valence-electron chi connectivity index (χ1n) is 8.51. The van der Waals surface area contributed by atoms with Crippen LogP contribution in [0.3, 0.4) is 0 Å². The normalized spacial score (nSPS) is 27.8. The fraction of sp³-hybridized carbons (Fsp3) is 0.684. The summed E-state index contributed by atoms with van der Waals surface area (Å²) in [6.45, 7) is 4.59. The van der Waals surface area contributed by atoms with Gasteiger partial charge < -0.3 is 10.6 Å². The number of nitrogens with zero attached hydrogens (tertiary/aromatic N) is 1. The van der Waals surface area contributed by atoms with Gasteiger partial charge in [-0.25, -0.2) is 0 Å². The van der Waals surface area contributed by atoms with Gasteiger partial charge in [-0.05, 0) is 63.2 Å². The zero-order valence-electron chi connectivity index (χ0n) is 14.2. The van der Waals surface area contributed by atoms with Crippen LogP contribution >= 0.6 is 0 Å². The molecule has 1 unspecified atom stereocenters. The lowest BCUT2D eigenvalue weighted by Gasteiger charge is -2.48. The van der Waals surface area contributed by atoms with E-state index >= 15 is 0 Å². The molecule has 1 aliphatic rings. The Morgan fingerprint density at radius 1 is 1.19 bits per heavy atom. The highest BCUT2D eigenvalue weighted by molar-refractivity contribution is 5.28. The van der Waals surface area contributed by atoms with E-state index in [9.17, 15) is 0 Å². The Balaban J connectivity index is 2.20. The van der Waals surface area contributed by atoms with Crippen LogP contribution in [-0.4, -0.2) is 24.5 Å². The van der Waals surface area contributed by atoms with Gasteiger partial charge in [-0.15, -0.1) is 0 Å². The molecular weight excluding hydrogens is 256 g/mol. The summed E-state index contributed by atoms with van der Waals surface area (Å²) in [5, 5.41) is 0.